The number of anilines is 1. The molecule has 0 heterocycles. The Bertz CT molecular complexity index is 1580. The number of amidine groups is 2. The molecule has 0 aliphatic heterocycles. The van der Waals surface area contributed by atoms with Crippen LogP contribution in [0.25, 0.3) is 0 Å². The number of aryl methyl sites for hydroxylation is 1. The zero-order valence-electron chi connectivity index (χ0n) is 24.0. The standard InChI is InChI=1S/C29H27F5N6O4S/c1-18-14-23(43-3)12-13-24(18)38-27(45-16-25(41)42)39-37-15-19-4-6-20(7-5-19)26(35)36-17-40(2)21-8-10-22(11-9-21)44-29(33,34)28(30,31)32/h4-15,17,35H,16H2,1-3H3,(H,38,39)(H,41,42)/b35-26?,36-17-,37-15+. The van der Waals surface area contributed by atoms with E-state index in [1.165, 1.54) is 29.6 Å². The van der Waals surface area contributed by atoms with Crippen molar-refractivity contribution in [2.24, 2.45) is 15.1 Å². The van der Waals surface area contributed by atoms with Crippen molar-refractivity contribution >= 4 is 52.7 Å². The van der Waals surface area contributed by atoms with E-state index in [-0.39, 0.29) is 16.8 Å². The number of hydrazone groups is 1. The van der Waals surface area contributed by atoms with Crippen LogP contribution in [0.15, 0.2) is 81.8 Å². The second-order valence-electron chi connectivity index (χ2n) is 9.06. The normalized spacial score (nSPS) is 12.4. The van der Waals surface area contributed by atoms with Crippen LogP contribution < -0.4 is 19.8 Å². The summed E-state index contributed by atoms with van der Waals surface area (Å²) in [5.74, 6) is -1.37. The van der Waals surface area contributed by atoms with Crippen LogP contribution in [-0.2, 0) is 4.79 Å². The number of aliphatic imine (C=N–C) groups is 2. The third-order valence-corrected chi connectivity index (χ3v) is 6.54. The predicted molar refractivity (Wildman–Crippen MR) is 164 cm³/mol. The number of methoxy groups -OCH3 is 1. The minimum Gasteiger partial charge on any atom is -0.497 e. The molecule has 0 saturated carbocycles. The summed E-state index contributed by atoms with van der Waals surface area (Å²) in [6.07, 6.45) is -8.41. The van der Waals surface area contributed by atoms with E-state index in [1.54, 1.807) is 56.6 Å². The van der Waals surface area contributed by atoms with Gasteiger partial charge in [-0.05, 0) is 60.5 Å². The maximum absolute atomic E-state index is 13.1. The predicted octanol–water partition coefficient (Wildman–Crippen LogP) is 6.46. The highest BCUT2D eigenvalue weighted by atomic mass is 32.2. The Morgan fingerprint density at radius 1 is 1.04 bits per heavy atom. The Labute approximate surface area is 258 Å². The first-order chi connectivity index (χ1) is 21.2. The number of rotatable bonds is 11. The molecule has 0 radical (unpaired) electrons. The van der Waals surface area contributed by atoms with Gasteiger partial charge in [-0.1, -0.05) is 36.0 Å². The van der Waals surface area contributed by atoms with Crippen molar-refractivity contribution in [3.63, 3.8) is 0 Å². The summed E-state index contributed by atoms with van der Waals surface area (Å²) in [4.78, 5) is 21.0. The fourth-order valence-electron chi connectivity index (χ4n) is 3.34. The molecule has 0 aliphatic rings. The summed E-state index contributed by atoms with van der Waals surface area (Å²) in [5, 5.41) is 21.7. The summed E-state index contributed by atoms with van der Waals surface area (Å²) in [5.41, 5.74) is 5.68. The quantitative estimate of drug-likeness (QED) is 0.0940. The number of carbonyl (C=O) groups is 1. The minimum atomic E-state index is -5.85. The van der Waals surface area contributed by atoms with Crippen LogP contribution in [0.5, 0.6) is 11.5 Å². The Hall–Kier alpha value is -4.99. The highest BCUT2D eigenvalue weighted by Crippen LogP contribution is 2.37. The summed E-state index contributed by atoms with van der Waals surface area (Å²) >= 11 is 0.963. The molecule has 0 amide bonds. The zero-order valence-corrected chi connectivity index (χ0v) is 24.8. The molecular formula is C29H27F5N6O4S. The summed E-state index contributed by atoms with van der Waals surface area (Å²) in [6, 6.07) is 16.3. The van der Waals surface area contributed by atoms with E-state index in [4.69, 9.17) is 15.3 Å². The highest BCUT2D eigenvalue weighted by molar-refractivity contribution is 8.14. The fraction of sp³-hybridized carbons (Fsp3) is 0.207. The van der Waals surface area contributed by atoms with E-state index < -0.39 is 24.0 Å². The largest absolute Gasteiger partial charge is 0.499 e. The number of carboxylic acids is 1. The van der Waals surface area contributed by atoms with Gasteiger partial charge in [0.1, 0.15) is 11.5 Å². The second-order valence-corrected chi connectivity index (χ2v) is 10.0. The van der Waals surface area contributed by atoms with Gasteiger partial charge in [0.25, 0.3) is 0 Å². The lowest BCUT2D eigenvalue weighted by molar-refractivity contribution is -0.360. The number of hydrogen-bond acceptors (Lipinski definition) is 7. The van der Waals surface area contributed by atoms with Gasteiger partial charge in [-0.25, -0.2) is 9.98 Å². The molecule has 0 unspecified atom stereocenters. The van der Waals surface area contributed by atoms with Crippen molar-refractivity contribution < 1.29 is 41.3 Å². The number of thioether (sulfide) groups is 1. The average molecular weight is 651 g/mol. The van der Waals surface area contributed by atoms with Crippen molar-refractivity contribution in [2.45, 2.75) is 19.2 Å². The van der Waals surface area contributed by atoms with Crippen LogP contribution >= 0.6 is 11.8 Å². The zero-order chi connectivity index (χ0) is 33.2. The van der Waals surface area contributed by atoms with Crippen LogP contribution in [0.3, 0.4) is 0 Å². The van der Waals surface area contributed by atoms with Crippen LogP contribution in [-0.4, -0.2) is 66.8 Å². The van der Waals surface area contributed by atoms with E-state index >= 15 is 0 Å². The third kappa shape index (κ3) is 10.3. The van der Waals surface area contributed by atoms with E-state index in [9.17, 15) is 26.7 Å². The molecule has 0 spiro atoms. The van der Waals surface area contributed by atoms with Crippen LogP contribution in [0.2, 0.25) is 0 Å². The number of benzene rings is 3. The van der Waals surface area contributed by atoms with Gasteiger partial charge in [-0.3, -0.25) is 15.6 Å². The Kier molecular flexibility index (Phi) is 11.6. The van der Waals surface area contributed by atoms with Gasteiger partial charge >= 0.3 is 18.3 Å². The topological polar surface area (TPSA) is 132 Å². The molecule has 45 heavy (non-hydrogen) atoms. The summed E-state index contributed by atoms with van der Waals surface area (Å²) in [7, 11) is 3.10. The lowest BCUT2D eigenvalue weighted by Gasteiger charge is -2.20. The van der Waals surface area contributed by atoms with Gasteiger partial charge in [0, 0.05) is 18.3 Å². The Morgan fingerprint density at radius 2 is 1.69 bits per heavy atom. The Balaban J connectivity index is 1.61. The molecule has 3 aromatic rings. The SMILES string of the molecule is COc1ccc(/N=C(/N/N=C/c2ccc(C(=N)/N=C\N(C)c3ccc(OC(F)(F)C(F)(F)F)cc3)cc2)SCC(=O)O)c(C)c1. The molecule has 0 fully saturated rings. The van der Waals surface area contributed by atoms with Crippen molar-refractivity contribution in [3.8, 4) is 11.5 Å². The van der Waals surface area contributed by atoms with Gasteiger partial charge in [-0.2, -0.15) is 27.1 Å². The molecule has 0 bridgehead atoms. The van der Waals surface area contributed by atoms with Gasteiger partial charge in [-0.15, -0.1) is 0 Å². The molecule has 3 rings (SSSR count). The van der Waals surface area contributed by atoms with Crippen molar-refractivity contribution in [2.75, 3.05) is 24.8 Å². The lowest BCUT2D eigenvalue weighted by Crippen LogP contribution is -2.41. The van der Waals surface area contributed by atoms with Crippen molar-refractivity contribution in [1.82, 2.24) is 5.43 Å². The highest BCUT2D eigenvalue weighted by Gasteiger charge is 2.61. The first kappa shape index (κ1) is 34.5. The van der Waals surface area contributed by atoms with Crippen LogP contribution in [0.4, 0.5) is 33.3 Å². The van der Waals surface area contributed by atoms with E-state index in [1.807, 2.05) is 6.92 Å². The molecular weight excluding hydrogens is 623 g/mol. The van der Waals surface area contributed by atoms with Crippen molar-refractivity contribution in [1.29, 1.82) is 5.41 Å². The van der Waals surface area contributed by atoms with E-state index in [0.717, 1.165) is 29.5 Å². The smallest absolute Gasteiger partial charge is 0.497 e. The maximum atomic E-state index is 13.1. The average Bonchev–Trinajstić information content (AvgIpc) is 2.99. The van der Waals surface area contributed by atoms with Gasteiger partial charge < -0.3 is 19.5 Å². The van der Waals surface area contributed by atoms with Crippen LogP contribution in [0.1, 0.15) is 16.7 Å². The van der Waals surface area contributed by atoms with Crippen molar-refractivity contribution in [3.05, 3.63) is 83.4 Å². The molecule has 0 aliphatic carbocycles. The molecule has 0 atom stereocenters. The number of nitrogens with zero attached hydrogens (tertiary/aromatic N) is 4. The number of aliphatic carboxylic acids is 1. The summed E-state index contributed by atoms with van der Waals surface area (Å²) < 4.78 is 72.1. The first-order valence-electron chi connectivity index (χ1n) is 12.7. The number of halogens is 5. The number of carboxylic acid groups (broad SMARTS) is 1. The monoisotopic (exact) mass is 650 g/mol. The molecule has 0 saturated heterocycles. The number of hydrogen-bond donors (Lipinski definition) is 3. The number of ether oxygens (including phenoxy) is 2. The molecule has 16 heteroatoms. The van der Waals surface area contributed by atoms with Gasteiger partial charge in [0.15, 0.2) is 11.0 Å². The van der Waals surface area contributed by atoms with Gasteiger partial charge in [0.2, 0.25) is 0 Å². The first-order valence-corrected chi connectivity index (χ1v) is 13.7. The lowest BCUT2D eigenvalue weighted by atomic mass is 10.1. The van der Waals surface area contributed by atoms with E-state index in [0.29, 0.717) is 28.3 Å². The van der Waals surface area contributed by atoms with E-state index in [2.05, 4.69) is 25.2 Å². The second kappa shape index (κ2) is 15.1. The number of alkyl halides is 5. The molecule has 3 N–H and O–H groups in total. The minimum absolute atomic E-state index is 0.109. The Morgan fingerprint density at radius 3 is 2.27 bits per heavy atom. The third-order valence-electron chi connectivity index (χ3n) is 5.70. The molecule has 238 valence electrons. The number of nitrogens with one attached hydrogen (secondary N) is 2. The maximum Gasteiger partial charge on any atom is 0.499 e. The molecule has 0 aromatic heterocycles. The fourth-order valence-corrected chi connectivity index (χ4v) is 3.88. The molecule has 3 aromatic carbocycles. The summed E-state index contributed by atoms with van der Waals surface area (Å²) in [6.45, 7) is 1.84. The molecule has 10 nitrogen and oxygen atoms in total. The van der Waals surface area contributed by atoms with Gasteiger partial charge in [0.05, 0.1) is 31.1 Å². The van der Waals surface area contributed by atoms with Crippen LogP contribution in [0, 0.1) is 12.3 Å².